The third-order valence-corrected chi connectivity index (χ3v) is 3.62. The quantitative estimate of drug-likeness (QED) is 0.734. The van der Waals surface area contributed by atoms with Crippen LogP contribution in [0.2, 0.25) is 0 Å². The molecular weight excluding hydrogens is 268 g/mol. The average molecular weight is 292 g/mol. The van der Waals surface area contributed by atoms with Crippen LogP contribution in [0, 0.1) is 0 Å². The molecule has 1 amide bonds. The van der Waals surface area contributed by atoms with Crippen molar-refractivity contribution in [3.8, 4) is 5.75 Å². The number of nitrogens with zero attached hydrogens (tertiary/aromatic N) is 1. The molecule has 21 heavy (non-hydrogen) atoms. The lowest BCUT2D eigenvalue weighted by Gasteiger charge is -2.39. The normalized spacial score (nSPS) is 16.1. The first-order valence-electron chi connectivity index (χ1n) is 7.36. The lowest BCUT2D eigenvalue weighted by molar-refractivity contribution is -0.144. The van der Waals surface area contributed by atoms with Crippen molar-refractivity contribution < 1.29 is 14.3 Å². The highest BCUT2D eigenvalue weighted by Crippen LogP contribution is 2.15. The number of nitrogens with one attached hydrogen (secondary N) is 1. The third-order valence-electron chi connectivity index (χ3n) is 3.62. The molecule has 2 rings (SSSR count). The molecule has 0 aliphatic carbocycles. The van der Waals surface area contributed by atoms with E-state index in [-0.39, 0.29) is 18.1 Å². The van der Waals surface area contributed by atoms with Crippen LogP contribution in [0.1, 0.15) is 13.3 Å². The van der Waals surface area contributed by atoms with Gasteiger partial charge in [-0.25, -0.2) is 0 Å². The highest BCUT2D eigenvalue weighted by Gasteiger charge is 2.33. The maximum atomic E-state index is 11.9. The Morgan fingerprint density at radius 2 is 2.05 bits per heavy atom. The first kappa shape index (κ1) is 15.8. The Morgan fingerprint density at radius 3 is 2.67 bits per heavy atom. The van der Waals surface area contributed by atoms with Crippen molar-refractivity contribution in [2.45, 2.75) is 18.9 Å². The van der Waals surface area contributed by atoms with E-state index in [1.165, 1.54) is 0 Å². The Labute approximate surface area is 126 Å². The van der Waals surface area contributed by atoms with E-state index in [2.05, 4.69) is 5.32 Å². The third kappa shape index (κ3) is 5.02. The zero-order valence-corrected chi connectivity index (χ0v) is 12.8. The standard InChI is InChI=1S/C16H24N2O3/c1-16(12-17-13-16)21-11-15(19)18(2)9-6-10-20-14-7-4-3-5-8-14/h3-5,7-8,17H,6,9-13H2,1-2H3. The molecule has 1 fully saturated rings. The molecule has 1 N–H and O–H groups in total. The summed E-state index contributed by atoms with van der Waals surface area (Å²) < 4.78 is 11.2. The fourth-order valence-electron chi connectivity index (χ4n) is 2.06. The van der Waals surface area contributed by atoms with Crippen molar-refractivity contribution in [3.05, 3.63) is 30.3 Å². The summed E-state index contributed by atoms with van der Waals surface area (Å²) >= 11 is 0. The summed E-state index contributed by atoms with van der Waals surface area (Å²) in [7, 11) is 1.80. The lowest BCUT2D eigenvalue weighted by Crippen LogP contribution is -2.59. The summed E-state index contributed by atoms with van der Waals surface area (Å²) in [5, 5.41) is 3.15. The first-order chi connectivity index (χ1) is 10.1. The van der Waals surface area contributed by atoms with Crippen LogP contribution in [0.5, 0.6) is 5.75 Å². The minimum atomic E-state index is -0.174. The second kappa shape index (κ2) is 7.43. The number of likely N-dealkylation sites (N-methyl/N-ethyl adjacent to an activating group) is 1. The highest BCUT2D eigenvalue weighted by atomic mass is 16.5. The van der Waals surface area contributed by atoms with Crippen LogP contribution in [0.3, 0.4) is 0 Å². The van der Waals surface area contributed by atoms with Gasteiger partial charge < -0.3 is 19.7 Å². The molecule has 1 saturated heterocycles. The van der Waals surface area contributed by atoms with Crippen LogP contribution < -0.4 is 10.1 Å². The first-order valence-corrected chi connectivity index (χ1v) is 7.36. The van der Waals surface area contributed by atoms with Gasteiger partial charge in [-0.05, 0) is 25.5 Å². The number of amides is 1. The number of hydrogen-bond acceptors (Lipinski definition) is 4. The lowest BCUT2D eigenvalue weighted by atomic mass is 10.0. The fraction of sp³-hybridized carbons (Fsp3) is 0.562. The Morgan fingerprint density at radius 1 is 1.33 bits per heavy atom. The van der Waals surface area contributed by atoms with Crippen molar-refractivity contribution in [2.75, 3.05) is 39.9 Å². The van der Waals surface area contributed by atoms with Gasteiger partial charge in [-0.1, -0.05) is 18.2 Å². The van der Waals surface area contributed by atoms with Gasteiger partial charge in [0.25, 0.3) is 0 Å². The zero-order valence-electron chi connectivity index (χ0n) is 12.8. The molecule has 1 aliphatic heterocycles. The van der Waals surface area contributed by atoms with E-state index in [9.17, 15) is 4.79 Å². The van der Waals surface area contributed by atoms with E-state index in [1.807, 2.05) is 37.3 Å². The number of carbonyl (C=O) groups excluding carboxylic acids is 1. The van der Waals surface area contributed by atoms with E-state index in [0.29, 0.717) is 13.2 Å². The van der Waals surface area contributed by atoms with E-state index in [1.54, 1.807) is 11.9 Å². The molecular formula is C16H24N2O3. The molecule has 1 aromatic carbocycles. The van der Waals surface area contributed by atoms with Crippen LogP contribution in [0.15, 0.2) is 30.3 Å². The number of ether oxygens (including phenoxy) is 2. The molecule has 0 radical (unpaired) electrons. The van der Waals surface area contributed by atoms with Crippen molar-refractivity contribution in [3.63, 3.8) is 0 Å². The molecule has 5 nitrogen and oxygen atoms in total. The van der Waals surface area contributed by atoms with Crippen molar-refractivity contribution in [1.82, 2.24) is 10.2 Å². The molecule has 0 spiro atoms. The largest absolute Gasteiger partial charge is 0.494 e. The van der Waals surface area contributed by atoms with Gasteiger partial charge in [0.15, 0.2) is 0 Å². The minimum absolute atomic E-state index is 0.0165. The van der Waals surface area contributed by atoms with Crippen LogP contribution in [-0.4, -0.2) is 56.3 Å². The fourth-order valence-corrected chi connectivity index (χ4v) is 2.06. The Bertz CT molecular complexity index is 446. The minimum Gasteiger partial charge on any atom is -0.494 e. The van der Waals surface area contributed by atoms with E-state index in [4.69, 9.17) is 9.47 Å². The van der Waals surface area contributed by atoms with E-state index >= 15 is 0 Å². The smallest absolute Gasteiger partial charge is 0.248 e. The van der Waals surface area contributed by atoms with Gasteiger partial charge >= 0.3 is 0 Å². The van der Waals surface area contributed by atoms with Gasteiger partial charge in [-0.15, -0.1) is 0 Å². The highest BCUT2D eigenvalue weighted by molar-refractivity contribution is 5.77. The van der Waals surface area contributed by atoms with Gasteiger partial charge in [-0.3, -0.25) is 4.79 Å². The number of carbonyl (C=O) groups is 1. The molecule has 1 aliphatic rings. The summed E-state index contributed by atoms with van der Waals surface area (Å²) in [5.41, 5.74) is -0.174. The molecule has 0 saturated carbocycles. The average Bonchev–Trinajstić information content (AvgIpc) is 2.48. The molecule has 116 valence electrons. The van der Waals surface area contributed by atoms with Crippen molar-refractivity contribution in [1.29, 1.82) is 0 Å². The van der Waals surface area contributed by atoms with Gasteiger partial charge in [0, 0.05) is 26.7 Å². The SMILES string of the molecule is CN(CCCOc1ccccc1)C(=O)COC1(C)CNC1. The van der Waals surface area contributed by atoms with Gasteiger partial charge in [0.2, 0.25) is 5.91 Å². The molecule has 0 aromatic heterocycles. The van der Waals surface area contributed by atoms with Crippen LogP contribution in [-0.2, 0) is 9.53 Å². The Balaban J connectivity index is 1.58. The second-order valence-corrected chi connectivity index (χ2v) is 5.67. The molecule has 0 bridgehead atoms. The Kier molecular flexibility index (Phi) is 5.59. The van der Waals surface area contributed by atoms with Crippen molar-refractivity contribution >= 4 is 5.91 Å². The van der Waals surface area contributed by atoms with E-state index < -0.39 is 0 Å². The molecule has 1 aromatic rings. The molecule has 0 atom stereocenters. The van der Waals surface area contributed by atoms with Gasteiger partial charge in [0.05, 0.1) is 12.2 Å². The monoisotopic (exact) mass is 292 g/mol. The van der Waals surface area contributed by atoms with E-state index in [0.717, 1.165) is 25.3 Å². The number of benzene rings is 1. The molecule has 1 heterocycles. The predicted molar refractivity (Wildman–Crippen MR) is 81.4 cm³/mol. The Hall–Kier alpha value is -1.59. The predicted octanol–water partition coefficient (Wildman–Crippen LogP) is 1.29. The van der Waals surface area contributed by atoms with Gasteiger partial charge in [-0.2, -0.15) is 0 Å². The topological polar surface area (TPSA) is 50.8 Å². The van der Waals surface area contributed by atoms with Crippen molar-refractivity contribution in [2.24, 2.45) is 0 Å². The maximum absolute atomic E-state index is 11.9. The van der Waals surface area contributed by atoms with Crippen LogP contribution in [0.4, 0.5) is 0 Å². The summed E-state index contributed by atoms with van der Waals surface area (Å²) in [5.74, 6) is 0.878. The van der Waals surface area contributed by atoms with Crippen LogP contribution in [0.25, 0.3) is 0 Å². The summed E-state index contributed by atoms with van der Waals surface area (Å²) in [4.78, 5) is 13.6. The summed E-state index contributed by atoms with van der Waals surface area (Å²) in [6.45, 7) is 5.07. The number of para-hydroxylation sites is 1. The second-order valence-electron chi connectivity index (χ2n) is 5.67. The van der Waals surface area contributed by atoms with Gasteiger partial charge in [0.1, 0.15) is 12.4 Å². The maximum Gasteiger partial charge on any atom is 0.248 e. The molecule has 0 unspecified atom stereocenters. The molecule has 5 heteroatoms. The zero-order chi connectivity index (χ0) is 15.1. The summed E-state index contributed by atoms with van der Waals surface area (Å²) in [6.07, 6.45) is 0.802. The number of hydrogen-bond donors (Lipinski definition) is 1. The number of rotatable bonds is 8. The summed E-state index contributed by atoms with van der Waals surface area (Å²) in [6, 6.07) is 9.69. The van der Waals surface area contributed by atoms with Crippen LogP contribution >= 0.6 is 0 Å².